The largest absolute Gasteiger partial charge is 0.384 e. The molecule has 4 aromatic carbocycles. The van der Waals surface area contributed by atoms with Crippen LogP contribution in [0.5, 0.6) is 0 Å². The number of anilines is 2. The standard InChI is InChI=1S/C27H22N4O2S/c28-25(29)18-6-5-7-19(16-18)26(32)31-23-10-3-1-9-22(23)27(33)30-20-14-12-17(13-15-20)21-8-2-4-11-24(21)34/h1-16,34H,(H3,28,29)(H,30,33)(H,31,32). The third kappa shape index (κ3) is 5.16. The maximum Gasteiger partial charge on any atom is 0.257 e. The van der Waals surface area contributed by atoms with Gasteiger partial charge in [-0.15, -0.1) is 12.6 Å². The summed E-state index contributed by atoms with van der Waals surface area (Å²) in [5.41, 5.74) is 9.62. The zero-order chi connectivity index (χ0) is 24.1. The molecule has 0 spiro atoms. The van der Waals surface area contributed by atoms with Gasteiger partial charge in [0.15, 0.2) is 0 Å². The lowest BCUT2D eigenvalue weighted by Gasteiger charge is -2.12. The summed E-state index contributed by atoms with van der Waals surface area (Å²) in [4.78, 5) is 26.6. The van der Waals surface area contributed by atoms with Crippen LogP contribution >= 0.6 is 12.6 Å². The fourth-order valence-corrected chi connectivity index (χ4v) is 3.75. The van der Waals surface area contributed by atoms with Crippen molar-refractivity contribution in [1.29, 1.82) is 5.41 Å². The van der Waals surface area contributed by atoms with Crippen LogP contribution < -0.4 is 16.4 Å². The highest BCUT2D eigenvalue weighted by atomic mass is 32.1. The molecule has 2 amide bonds. The Morgan fingerprint density at radius 2 is 1.41 bits per heavy atom. The number of nitrogen functional groups attached to an aromatic ring is 1. The molecule has 0 aromatic heterocycles. The van der Waals surface area contributed by atoms with E-state index in [4.69, 9.17) is 11.1 Å². The average Bonchev–Trinajstić information content (AvgIpc) is 2.85. The normalized spacial score (nSPS) is 10.4. The first-order chi connectivity index (χ1) is 16.4. The minimum atomic E-state index is -0.405. The number of nitrogens with two attached hydrogens (primary N) is 1. The van der Waals surface area contributed by atoms with Crippen LogP contribution in [0.4, 0.5) is 11.4 Å². The van der Waals surface area contributed by atoms with Crippen LogP contribution in [-0.4, -0.2) is 17.6 Å². The Kier molecular flexibility index (Phi) is 6.75. The van der Waals surface area contributed by atoms with E-state index in [9.17, 15) is 9.59 Å². The molecule has 0 unspecified atom stereocenters. The minimum Gasteiger partial charge on any atom is -0.384 e. The summed E-state index contributed by atoms with van der Waals surface area (Å²) in [6.45, 7) is 0. The van der Waals surface area contributed by atoms with Gasteiger partial charge in [0, 0.05) is 21.7 Å². The van der Waals surface area contributed by atoms with E-state index in [1.165, 1.54) is 6.07 Å². The maximum absolute atomic E-state index is 13.0. The van der Waals surface area contributed by atoms with Gasteiger partial charge in [0.1, 0.15) is 5.84 Å². The van der Waals surface area contributed by atoms with E-state index in [1.807, 2.05) is 48.5 Å². The Morgan fingerprint density at radius 1 is 0.735 bits per heavy atom. The van der Waals surface area contributed by atoms with Crippen LogP contribution in [0, 0.1) is 5.41 Å². The summed E-state index contributed by atoms with van der Waals surface area (Å²) in [6, 6.07) is 28.5. The molecule has 0 fully saturated rings. The molecule has 4 aromatic rings. The SMILES string of the molecule is N=C(N)c1cccc(C(=O)Nc2ccccc2C(=O)Nc2ccc(-c3ccccc3S)cc2)c1. The molecule has 0 aliphatic rings. The summed E-state index contributed by atoms with van der Waals surface area (Å²) in [6.07, 6.45) is 0. The lowest BCUT2D eigenvalue weighted by atomic mass is 10.1. The van der Waals surface area contributed by atoms with Crippen LogP contribution in [0.3, 0.4) is 0 Å². The van der Waals surface area contributed by atoms with E-state index in [-0.39, 0.29) is 11.7 Å². The fourth-order valence-electron chi connectivity index (χ4n) is 3.46. The quantitative estimate of drug-likeness (QED) is 0.148. The Labute approximate surface area is 202 Å². The molecular formula is C27H22N4O2S. The Balaban J connectivity index is 1.51. The molecule has 0 saturated heterocycles. The van der Waals surface area contributed by atoms with Crippen molar-refractivity contribution >= 4 is 41.7 Å². The van der Waals surface area contributed by atoms with Crippen LogP contribution in [0.15, 0.2) is 102 Å². The molecule has 5 N–H and O–H groups in total. The number of hydrogen-bond donors (Lipinski definition) is 5. The molecule has 4 rings (SSSR count). The molecule has 0 aliphatic heterocycles. The molecule has 0 saturated carbocycles. The molecule has 168 valence electrons. The average molecular weight is 467 g/mol. The van der Waals surface area contributed by atoms with Crippen LogP contribution in [0.25, 0.3) is 11.1 Å². The van der Waals surface area contributed by atoms with Gasteiger partial charge < -0.3 is 16.4 Å². The Bertz CT molecular complexity index is 1380. The van der Waals surface area contributed by atoms with Gasteiger partial charge in [0.25, 0.3) is 11.8 Å². The second kappa shape index (κ2) is 10.1. The van der Waals surface area contributed by atoms with E-state index in [1.54, 1.807) is 42.5 Å². The topological polar surface area (TPSA) is 108 Å². The summed E-state index contributed by atoms with van der Waals surface area (Å²) in [5, 5.41) is 13.2. The monoisotopic (exact) mass is 466 g/mol. The molecule has 0 bridgehead atoms. The molecule has 0 atom stereocenters. The smallest absolute Gasteiger partial charge is 0.257 e. The number of amides is 2. The molecule has 34 heavy (non-hydrogen) atoms. The van der Waals surface area contributed by atoms with Gasteiger partial charge in [0.05, 0.1) is 11.3 Å². The van der Waals surface area contributed by atoms with Crippen molar-refractivity contribution < 1.29 is 9.59 Å². The maximum atomic E-state index is 13.0. The first-order valence-electron chi connectivity index (χ1n) is 10.5. The molecule has 0 heterocycles. The molecule has 0 aliphatic carbocycles. The summed E-state index contributed by atoms with van der Waals surface area (Å²) in [7, 11) is 0. The van der Waals surface area contributed by atoms with Crippen LogP contribution in [0.2, 0.25) is 0 Å². The van der Waals surface area contributed by atoms with Gasteiger partial charge in [0.2, 0.25) is 0 Å². The van der Waals surface area contributed by atoms with Crippen LogP contribution in [0.1, 0.15) is 26.3 Å². The van der Waals surface area contributed by atoms with Gasteiger partial charge in [-0.3, -0.25) is 15.0 Å². The Hall–Kier alpha value is -4.36. The zero-order valence-electron chi connectivity index (χ0n) is 18.1. The zero-order valence-corrected chi connectivity index (χ0v) is 19.0. The third-order valence-electron chi connectivity index (χ3n) is 5.21. The number of thiol groups is 1. The number of rotatable bonds is 6. The highest BCUT2D eigenvalue weighted by Gasteiger charge is 2.15. The lowest BCUT2D eigenvalue weighted by Crippen LogP contribution is -2.19. The molecule has 6 nitrogen and oxygen atoms in total. The van der Waals surface area contributed by atoms with Crippen molar-refractivity contribution in [3.63, 3.8) is 0 Å². The molecule has 0 radical (unpaired) electrons. The lowest BCUT2D eigenvalue weighted by molar-refractivity contribution is 0.102. The van der Waals surface area contributed by atoms with Crippen molar-refractivity contribution in [2.75, 3.05) is 10.6 Å². The van der Waals surface area contributed by atoms with Crippen molar-refractivity contribution in [3.05, 3.63) is 114 Å². The highest BCUT2D eigenvalue weighted by Crippen LogP contribution is 2.27. The molecular weight excluding hydrogens is 444 g/mol. The third-order valence-corrected chi connectivity index (χ3v) is 5.60. The number of hydrogen-bond acceptors (Lipinski definition) is 4. The summed E-state index contributed by atoms with van der Waals surface area (Å²) >= 11 is 4.50. The van der Waals surface area contributed by atoms with Crippen molar-refractivity contribution in [2.45, 2.75) is 4.90 Å². The van der Waals surface area contributed by atoms with E-state index in [2.05, 4.69) is 23.3 Å². The predicted molar refractivity (Wildman–Crippen MR) is 139 cm³/mol. The van der Waals surface area contributed by atoms with Gasteiger partial charge in [-0.1, -0.05) is 54.6 Å². The van der Waals surface area contributed by atoms with Gasteiger partial charge in [-0.2, -0.15) is 0 Å². The van der Waals surface area contributed by atoms with Crippen LogP contribution in [-0.2, 0) is 0 Å². The van der Waals surface area contributed by atoms with E-state index >= 15 is 0 Å². The number of benzene rings is 4. The van der Waals surface area contributed by atoms with Crippen molar-refractivity contribution in [3.8, 4) is 11.1 Å². The second-order valence-electron chi connectivity index (χ2n) is 7.54. The molecule has 7 heteroatoms. The Morgan fingerprint density at radius 3 is 2.15 bits per heavy atom. The van der Waals surface area contributed by atoms with Crippen molar-refractivity contribution in [1.82, 2.24) is 0 Å². The predicted octanol–water partition coefficient (Wildman–Crippen LogP) is 5.43. The van der Waals surface area contributed by atoms with E-state index < -0.39 is 5.91 Å². The summed E-state index contributed by atoms with van der Waals surface area (Å²) < 4.78 is 0. The van der Waals surface area contributed by atoms with Gasteiger partial charge >= 0.3 is 0 Å². The van der Waals surface area contributed by atoms with E-state index in [0.29, 0.717) is 28.1 Å². The number of carbonyl (C=O) groups excluding carboxylic acids is 2. The summed E-state index contributed by atoms with van der Waals surface area (Å²) in [5.74, 6) is -0.882. The fraction of sp³-hybridized carbons (Fsp3) is 0. The first kappa shape index (κ1) is 22.8. The minimum absolute atomic E-state index is 0.127. The van der Waals surface area contributed by atoms with E-state index in [0.717, 1.165) is 16.0 Å². The number of carbonyl (C=O) groups is 2. The van der Waals surface area contributed by atoms with Gasteiger partial charge in [-0.05, 0) is 53.6 Å². The first-order valence-corrected chi connectivity index (χ1v) is 10.9. The van der Waals surface area contributed by atoms with Gasteiger partial charge in [-0.25, -0.2) is 0 Å². The number of nitrogens with one attached hydrogen (secondary N) is 3. The second-order valence-corrected chi connectivity index (χ2v) is 8.02. The highest BCUT2D eigenvalue weighted by molar-refractivity contribution is 7.80. The number of amidine groups is 1. The number of para-hydroxylation sites is 1. The van der Waals surface area contributed by atoms with Crippen molar-refractivity contribution in [2.24, 2.45) is 5.73 Å².